The van der Waals surface area contributed by atoms with Crippen LogP contribution in [-0.2, 0) is 10.1 Å². The van der Waals surface area contributed by atoms with E-state index in [1.807, 2.05) is 30.3 Å². The van der Waals surface area contributed by atoms with Crippen LogP contribution in [0.4, 0.5) is 0 Å². The predicted molar refractivity (Wildman–Crippen MR) is 119 cm³/mol. The van der Waals surface area contributed by atoms with Gasteiger partial charge in [-0.25, -0.2) is 0 Å². The molecule has 0 aliphatic heterocycles. The minimum Gasteiger partial charge on any atom is -0.490 e. The minimum atomic E-state index is -4.04. The summed E-state index contributed by atoms with van der Waals surface area (Å²) >= 11 is 3.38. The summed E-state index contributed by atoms with van der Waals surface area (Å²) in [6.07, 6.45) is 1.71. The van der Waals surface area contributed by atoms with E-state index in [1.165, 1.54) is 12.1 Å². The van der Waals surface area contributed by atoms with Crippen LogP contribution in [0.25, 0.3) is 11.6 Å². The first-order chi connectivity index (χ1) is 14.4. The van der Waals surface area contributed by atoms with Crippen LogP contribution in [0.3, 0.4) is 0 Å². The molecule has 0 aliphatic rings. The molecular formula is C23H18BrNO4S. The maximum absolute atomic E-state index is 12.7. The number of nitrogens with zero attached hydrogens (tertiary/aromatic N) is 1. The highest BCUT2D eigenvalue weighted by atomic mass is 79.9. The molecule has 0 aliphatic carbocycles. The van der Waals surface area contributed by atoms with E-state index in [2.05, 4.69) is 22.0 Å². The zero-order valence-corrected chi connectivity index (χ0v) is 18.5. The molecule has 30 heavy (non-hydrogen) atoms. The summed E-state index contributed by atoms with van der Waals surface area (Å²) in [4.78, 5) is 0.0409. The van der Waals surface area contributed by atoms with Crippen molar-refractivity contribution >= 4 is 37.7 Å². The van der Waals surface area contributed by atoms with E-state index in [1.54, 1.807) is 43.3 Å². The average Bonchev–Trinajstić information content (AvgIpc) is 2.76. The normalized spacial score (nSPS) is 11.6. The van der Waals surface area contributed by atoms with Gasteiger partial charge in [-0.3, -0.25) is 0 Å². The number of ether oxygens (including phenoxy) is 1. The van der Waals surface area contributed by atoms with Gasteiger partial charge in [0.25, 0.3) is 0 Å². The SMILES string of the molecule is CCOc1cc(/C=C(\C#N)c2ccccc2)cc(Br)c1OS(=O)(=O)c1ccccc1. The van der Waals surface area contributed by atoms with Gasteiger partial charge in [-0.2, -0.15) is 13.7 Å². The van der Waals surface area contributed by atoms with E-state index in [-0.39, 0.29) is 16.4 Å². The van der Waals surface area contributed by atoms with Gasteiger partial charge < -0.3 is 8.92 Å². The van der Waals surface area contributed by atoms with Gasteiger partial charge in [0.2, 0.25) is 0 Å². The van der Waals surface area contributed by atoms with Crippen molar-refractivity contribution in [3.8, 4) is 17.6 Å². The molecule has 0 unspecified atom stereocenters. The van der Waals surface area contributed by atoms with Gasteiger partial charge in [0.1, 0.15) is 4.90 Å². The van der Waals surface area contributed by atoms with Gasteiger partial charge in [-0.15, -0.1) is 0 Å². The Balaban J connectivity index is 2.03. The molecular weight excluding hydrogens is 466 g/mol. The van der Waals surface area contributed by atoms with Crippen LogP contribution in [0.5, 0.6) is 11.5 Å². The largest absolute Gasteiger partial charge is 0.490 e. The molecule has 0 saturated heterocycles. The zero-order chi connectivity index (χ0) is 21.6. The monoisotopic (exact) mass is 483 g/mol. The van der Waals surface area contributed by atoms with Gasteiger partial charge in [0.05, 0.1) is 22.7 Å². The number of hydrogen-bond acceptors (Lipinski definition) is 5. The van der Waals surface area contributed by atoms with Crippen LogP contribution in [0.2, 0.25) is 0 Å². The second kappa shape index (κ2) is 9.61. The van der Waals surface area contributed by atoms with Crippen LogP contribution < -0.4 is 8.92 Å². The smallest absolute Gasteiger partial charge is 0.339 e. The standard InChI is InChI=1S/C23H18BrNO4S/c1-2-28-22-15-17(13-19(16-25)18-9-5-3-6-10-18)14-21(24)23(22)29-30(26,27)20-11-7-4-8-12-20/h3-15H,2H2,1H3/b19-13+. The molecule has 0 heterocycles. The number of benzene rings is 3. The van der Waals surface area contributed by atoms with Gasteiger partial charge in [-0.05, 0) is 64.3 Å². The summed E-state index contributed by atoms with van der Waals surface area (Å²) in [6.45, 7) is 2.10. The number of halogens is 1. The van der Waals surface area contributed by atoms with Gasteiger partial charge in [-0.1, -0.05) is 48.5 Å². The second-order valence-electron chi connectivity index (χ2n) is 6.15. The van der Waals surface area contributed by atoms with Crippen LogP contribution in [-0.4, -0.2) is 15.0 Å². The summed E-state index contributed by atoms with van der Waals surface area (Å²) < 4.78 is 36.7. The molecule has 0 amide bonds. The number of hydrogen-bond donors (Lipinski definition) is 0. The Kier molecular flexibility index (Phi) is 6.93. The maximum Gasteiger partial charge on any atom is 0.339 e. The van der Waals surface area contributed by atoms with Gasteiger partial charge in [0.15, 0.2) is 11.5 Å². The molecule has 0 spiro atoms. The molecule has 5 nitrogen and oxygen atoms in total. The molecule has 152 valence electrons. The fourth-order valence-corrected chi connectivity index (χ4v) is 4.35. The fourth-order valence-electron chi connectivity index (χ4n) is 2.72. The molecule has 3 aromatic rings. The lowest BCUT2D eigenvalue weighted by Gasteiger charge is -2.14. The lowest BCUT2D eigenvalue weighted by molar-refractivity contribution is 0.327. The second-order valence-corrected chi connectivity index (χ2v) is 8.55. The summed E-state index contributed by atoms with van der Waals surface area (Å²) in [5.41, 5.74) is 1.91. The number of allylic oxidation sites excluding steroid dienone is 1. The summed E-state index contributed by atoms with van der Waals surface area (Å²) in [5.74, 6) is 0.305. The third-order valence-corrected chi connectivity index (χ3v) is 5.90. The Morgan fingerprint density at radius 1 is 1.07 bits per heavy atom. The van der Waals surface area contributed by atoms with E-state index in [4.69, 9.17) is 8.92 Å². The summed E-state index contributed by atoms with van der Waals surface area (Å²) in [7, 11) is -4.04. The van der Waals surface area contributed by atoms with Crippen molar-refractivity contribution in [1.82, 2.24) is 0 Å². The number of rotatable bonds is 7. The van der Waals surface area contributed by atoms with E-state index in [9.17, 15) is 13.7 Å². The Morgan fingerprint density at radius 3 is 2.30 bits per heavy atom. The van der Waals surface area contributed by atoms with Gasteiger partial charge >= 0.3 is 10.1 Å². The average molecular weight is 484 g/mol. The first-order valence-corrected chi connectivity index (χ1v) is 11.3. The Morgan fingerprint density at radius 2 is 1.70 bits per heavy atom. The molecule has 0 bridgehead atoms. The van der Waals surface area contributed by atoms with Crippen LogP contribution in [0, 0.1) is 11.3 Å². The van der Waals surface area contributed by atoms with E-state index in [0.29, 0.717) is 22.2 Å². The van der Waals surface area contributed by atoms with Crippen molar-refractivity contribution < 1.29 is 17.3 Å². The predicted octanol–water partition coefficient (Wildman–Crippen LogP) is 5.68. The molecule has 0 saturated carbocycles. The quantitative estimate of drug-likeness (QED) is 0.245. The molecule has 0 fully saturated rings. The van der Waals surface area contributed by atoms with Gasteiger partial charge in [0, 0.05) is 0 Å². The lowest BCUT2D eigenvalue weighted by Crippen LogP contribution is -2.11. The van der Waals surface area contributed by atoms with Crippen LogP contribution >= 0.6 is 15.9 Å². The van der Waals surface area contributed by atoms with Crippen molar-refractivity contribution in [2.75, 3.05) is 6.61 Å². The Hall–Kier alpha value is -3.08. The fraction of sp³-hybridized carbons (Fsp3) is 0.0870. The van der Waals surface area contributed by atoms with Crippen LogP contribution in [0.1, 0.15) is 18.1 Å². The molecule has 0 radical (unpaired) electrons. The third-order valence-electron chi connectivity index (χ3n) is 4.07. The molecule has 3 rings (SSSR count). The molecule has 0 atom stereocenters. The van der Waals surface area contributed by atoms with E-state index in [0.717, 1.165) is 5.56 Å². The molecule has 3 aromatic carbocycles. The zero-order valence-electron chi connectivity index (χ0n) is 16.1. The molecule has 7 heteroatoms. The first kappa shape index (κ1) is 21.6. The van der Waals surface area contributed by atoms with E-state index < -0.39 is 10.1 Å². The third kappa shape index (κ3) is 5.09. The Bertz CT molecular complexity index is 1200. The van der Waals surface area contributed by atoms with Crippen molar-refractivity contribution in [2.24, 2.45) is 0 Å². The lowest BCUT2D eigenvalue weighted by atomic mass is 10.0. The summed E-state index contributed by atoms with van der Waals surface area (Å²) in [5, 5.41) is 9.55. The molecule has 0 aromatic heterocycles. The first-order valence-electron chi connectivity index (χ1n) is 9.07. The highest BCUT2D eigenvalue weighted by Gasteiger charge is 2.22. The Labute approximate surface area is 184 Å². The van der Waals surface area contributed by atoms with E-state index >= 15 is 0 Å². The van der Waals surface area contributed by atoms with Crippen LogP contribution in [0.15, 0.2) is 82.2 Å². The van der Waals surface area contributed by atoms with Crippen molar-refractivity contribution in [3.05, 3.63) is 88.4 Å². The van der Waals surface area contributed by atoms with Crippen molar-refractivity contribution in [3.63, 3.8) is 0 Å². The highest BCUT2D eigenvalue weighted by Crippen LogP contribution is 2.39. The summed E-state index contributed by atoms with van der Waals surface area (Å²) in [6, 6.07) is 22.7. The topological polar surface area (TPSA) is 76.4 Å². The maximum atomic E-state index is 12.7. The minimum absolute atomic E-state index is 0.0409. The van der Waals surface area contributed by atoms with Crippen molar-refractivity contribution in [1.29, 1.82) is 5.26 Å². The number of nitriles is 1. The van der Waals surface area contributed by atoms with Crippen molar-refractivity contribution in [2.45, 2.75) is 11.8 Å². The molecule has 0 N–H and O–H groups in total. The highest BCUT2D eigenvalue weighted by molar-refractivity contribution is 9.10.